The Balaban J connectivity index is 1.85. The molecule has 0 saturated carbocycles. The topological polar surface area (TPSA) is 52.9 Å². The molecule has 0 bridgehead atoms. The van der Waals surface area contributed by atoms with E-state index in [9.17, 15) is 10.2 Å². The number of hydrogen-bond acceptors (Lipinski definition) is 4. The third-order valence-corrected chi connectivity index (χ3v) is 5.57. The molecule has 4 rings (SSSR count). The van der Waals surface area contributed by atoms with E-state index >= 15 is 0 Å². The highest BCUT2D eigenvalue weighted by Crippen LogP contribution is 2.46. The lowest BCUT2D eigenvalue weighted by Gasteiger charge is -2.49. The second-order valence-electron chi connectivity index (χ2n) is 6.98. The Morgan fingerprint density at radius 2 is 1.71 bits per heavy atom. The van der Waals surface area contributed by atoms with Crippen LogP contribution in [0.3, 0.4) is 0 Å². The van der Waals surface area contributed by atoms with Gasteiger partial charge in [0.25, 0.3) is 0 Å². The molecule has 3 aromatic carbocycles. The lowest BCUT2D eigenvalue weighted by molar-refractivity contribution is -0.133. The molecule has 28 heavy (non-hydrogen) atoms. The first-order valence-corrected chi connectivity index (χ1v) is 9.53. The smallest absolute Gasteiger partial charge is 0.157 e. The lowest BCUT2D eigenvalue weighted by atomic mass is 9.76. The van der Waals surface area contributed by atoms with Crippen LogP contribution < -0.4 is 4.90 Å². The van der Waals surface area contributed by atoms with Gasteiger partial charge in [-0.15, -0.1) is 0 Å². The van der Waals surface area contributed by atoms with Crippen LogP contribution in [0.1, 0.15) is 16.7 Å². The summed E-state index contributed by atoms with van der Waals surface area (Å²) in [7, 11) is 1.51. The van der Waals surface area contributed by atoms with Gasteiger partial charge in [-0.05, 0) is 29.3 Å². The van der Waals surface area contributed by atoms with E-state index in [1.807, 2.05) is 83.8 Å². The molecule has 0 fully saturated rings. The van der Waals surface area contributed by atoms with Crippen LogP contribution in [-0.4, -0.2) is 29.7 Å². The zero-order chi connectivity index (χ0) is 19.7. The van der Waals surface area contributed by atoms with E-state index in [-0.39, 0.29) is 0 Å². The fraction of sp³-hybridized carbons (Fsp3) is 0.217. The normalized spacial score (nSPS) is 24.1. The molecule has 4 nitrogen and oxygen atoms in total. The quantitative estimate of drug-likeness (QED) is 0.702. The molecular weight excluding hydrogens is 374 g/mol. The Kier molecular flexibility index (Phi) is 5.13. The number of para-hydroxylation sites is 1. The van der Waals surface area contributed by atoms with Crippen LogP contribution in [0, 0.1) is 0 Å². The number of aliphatic hydroxyl groups excluding tert-OH is 1. The van der Waals surface area contributed by atoms with E-state index in [1.54, 1.807) is 0 Å². The zero-order valence-electron chi connectivity index (χ0n) is 15.5. The third-order valence-electron chi connectivity index (χ3n) is 5.34. The molecule has 0 saturated heterocycles. The zero-order valence-corrected chi connectivity index (χ0v) is 16.3. The van der Waals surface area contributed by atoms with Gasteiger partial charge >= 0.3 is 0 Å². The molecule has 3 aromatic rings. The van der Waals surface area contributed by atoms with Crippen molar-refractivity contribution >= 4 is 17.3 Å². The van der Waals surface area contributed by atoms with Gasteiger partial charge in [-0.3, -0.25) is 0 Å². The molecule has 144 valence electrons. The Morgan fingerprint density at radius 1 is 1.00 bits per heavy atom. The summed E-state index contributed by atoms with van der Waals surface area (Å²) in [5.74, 6) is 0. The number of rotatable bonds is 4. The molecule has 1 heterocycles. The summed E-state index contributed by atoms with van der Waals surface area (Å²) in [4.78, 5) is 1.84. The monoisotopic (exact) mass is 395 g/mol. The number of halogens is 1. The summed E-state index contributed by atoms with van der Waals surface area (Å²) in [6.45, 7) is 0.434. The van der Waals surface area contributed by atoms with Gasteiger partial charge in [-0.25, -0.2) is 0 Å². The average molecular weight is 396 g/mol. The second-order valence-corrected chi connectivity index (χ2v) is 7.41. The first-order valence-electron chi connectivity index (χ1n) is 9.15. The first-order chi connectivity index (χ1) is 13.6. The minimum atomic E-state index is -1.48. The van der Waals surface area contributed by atoms with E-state index in [0.29, 0.717) is 22.7 Å². The summed E-state index contributed by atoms with van der Waals surface area (Å²) < 4.78 is 5.65. The van der Waals surface area contributed by atoms with E-state index < -0.39 is 17.9 Å². The molecular formula is C23H22ClNO3. The van der Waals surface area contributed by atoms with Crippen LogP contribution in [0.5, 0.6) is 0 Å². The number of benzene rings is 3. The third kappa shape index (κ3) is 3.09. The second kappa shape index (κ2) is 7.57. The van der Waals surface area contributed by atoms with Gasteiger partial charge in [0.15, 0.2) is 6.23 Å². The molecule has 3 unspecified atom stereocenters. The summed E-state index contributed by atoms with van der Waals surface area (Å²) in [5.41, 5.74) is 1.61. The predicted molar refractivity (Wildman–Crippen MR) is 110 cm³/mol. The standard InChI is InChI=1S/C23H22ClNO3/c1-28-21-22(26)25(15-16-8-7-11-18(24)14-16)20-13-6-5-12-19(20)23(21,27)17-9-3-2-4-10-17/h2-14,21-22,26-27H,15H2,1H3. The Hall–Kier alpha value is -2.37. The van der Waals surface area contributed by atoms with Crippen molar-refractivity contribution in [1.29, 1.82) is 0 Å². The number of methoxy groups -OCH3 is 1. The molecule has 0 radical (unpaired) electrons. The maximum atomic E-state index is 11.8. The summed E-state index contributed by atoms with van der Waals surface area (Å²) >= 11 is 6.13. The fourth-order valence-electron chi connectivity index (χ4n) is 4.04. The van der Waals surface area contributed by atoms with Crippen molar-refractivity contribution in [3.05, 3.63) is 101 Å². The summed E-state index contributed by atoms with van der Waals surface area (Å²) in [6, 6.07) is 24.4. The van der Waals surface area contributed by atoms with E-state index in [4.69, 9.17) is 16.3 Å². The van der Waals surface area contributed by atoms with Crippen LogP contribution in [0.15, 0.2) is 78.9 Å². The van der Waals surface area contributed by atoms with Crippen molar-refractivity contribution in [3.63, 3.8) is 0 Å². The predicted octanol–water partition coefficient (Wildman–Crippen LogP) is 3.93. The molecule has 1 aliphatic heterocycles. The van der Waals surface area contributed by atoms with Crippen molar-refractivity contribution in [1.82, 2.24) is 0 Å². The Morgan fingerprint density at radius 3 is 2.43 bits per heavy atom. The first kappa shape index (κ1) is 19.0. The molecule has 2 N–H and O–H groups in total. The maximum absolute atomic E-state index is 11.8. The van der Waals surface area contributed by atoms with Gasteiger partial charge in [-0.1, -0.05) is 72.3 Å². The molecule has 0 amide bonds. The van der Waals surface area contributed by atoms with Crippen LogP contribution in [-0.2, 0) is 16.9 Å². The Labute approximate surface area is 169 Å². The molecule has 1 aliphatic rings. The summed E-state index contributed by atoms with van der Waals surface area (Å²) in [5, 5.41) is 23.7. The highest BCUT2D eigenvalue weighted by atomic mass is 35.5. The van der Waals surface area contributed by atoms with Crippen LogP contribution in [0.25, 0.3) is 0 Å². The van der Waals surface area contributed by atoms with Gasteiger partial charge in [0.2, 0.25) is 0 Å². The number of ether oxygens (including phenoxy) is 1. The van der Waals surface area contributed by atoms with Gasteiger partial charge in [0, 0.05) is 29.9 Å². The lowest BCUT2D eigenvalue weighted by Crippen LogP contribution is -2.59. The van der Waals surface area contributed by atoms with Crippen molar-refractivity contribution in [2.75, 3.05) is 12.0 Å². The van der Waals surface area contributed by atoms with Gasteiger partial charge < -0.3 is 19.8 Å². The van der Waals surface area contributed by atoms with Gasteiger partial charge in [0.05, 0.1) is 0 Å². The highest BCUT2D eigenvalue weighted by Gasteiger charge is 2.51. The van der Waals surface area contributed by atoms with Gasteiger partial charge in [0.1, 0.15) is 11.7 Å². The number of aliphatic hydroxyl groups is 2. The molecule has 0 aliphatic carbocycles. The average Bonchev–Trinajstić information content (AvgIpc) is 2.72. The van der Waals surface area contributed by atoms with Crippen molar-refractivity contribution in [2.45, 2.75) is 24.5 Å². The van der Waals surface area contributed by atoms with Crippen LogP contribution in [0.2, 0.25) is 5.02 Å². The van der Waals surface area contributed by atoms with Crippen LogP contribution >= 0.6 is 11.6 Å². The maximum Gasteiger partial charge on any atom is 0.157 e. The minimum absolute atomic E-state index is 0.434. The molecule has 0 aromatic heterocycles. The summed E-state index contributed by atoms with van der Waals surface area (Å²) in [6.07, 6.45) is -1.92. The van der Waals surface area contributed by atoms with E-state index in [0.717, 1.165) is 11.3 Å². The molecule has 3 atom stereocenters. The van der Waals surface area contributed by atoms with E-state index in [1.165, 1.54) is 7.11 Å². The molecule has 0 spiro atoms. The number of nitrogens with zero attached hydrogens (tertiary/aromatic N) is 1. The number of hydrogen-bond donors (Lipinski definition) is 2. The van der Waals surface area contributed by atoms with Crippen molar-refractivity contribution in [3.8, 4) is 0 Å². The highest BCUT2D eigenvalue weighted by molar-refractivity contribution is 6.30. The van der Waals surface area contributed by atoms with Crippen molar-refractivity contribution < 1.29 is 14.9 Å². The van der Waals surface area contributed by atoms with E-state index in [2.05, 4.69) is 0 Å². The SMILES string of the molecule is COC1C(O)N(Cc2cccc(Cl)c2)c2ccccc2C1(O)c1ccccc1. The van der Waals surface area contributed by atoms with Gasteiger partial charge in [-0.2, -0.15) is 0 Å². The minimum Gasteiger partial charge on any atom is -0.377 e. The number of anilines is 1. The number of fused-ring (bicyclic) bond motifs is 1. The van der Waals surface area contributed by atoms with Crippen molar-refractivity contribution in [2.24, 2.45) is 0 Å². The van der Waals surface area contributed by atoms with Crippen LogP contribution in [0.4, 0.5) is 5.69 Å². The fourth-order valence-corrected chi connectivity index (χ4v) is 4.25. The molecule has 5 heteroatoms. The Bertz CT molecular complexity index is 965. The largest absolute Gasteiger partial charge is 0.377 e.